The molecule has 3 N–H and O–H groups in total. The minimum Gasteiger partial charge on any atom is -0.508 e. The number of rotatable bonds is 8. The molecular formula is C28H29NO5. The molecular weight excluding hydrogens is 430 g/mol. The van der Waals surface area contributed by atoms with Crippen LogP contribution in [-0.2, 0) is 11.2 Å². The molecule has 0 unspecified atom stereocenters. The molecule has 4 rings (SSSR count). The molecule has 1 saturated carbocycles. The third-order valence-corrected chi connectivity index (χ3v) is 6.37. The zero-order valence-electron chi connectivity index (χ0n) is 19.6. The average Bonchev–Trinajstić information content (AvgIpc) is 3.58. The smallest absolute Gasteiger partial charge is 0.307 e. The van der Waals surface area contributed by atoms with Gasteiger partial charge in [0.05, 0.1) is 12.5 Å². The van der Waals surface area contributed by atoms with E-state index in [1.165, 1.54) is 0 Å². The normalized spacial score (nSPS) is 16.7. The van der Waals surface area contributed by atoms with E-state index in [1.54, 1.807) is 12.1 Å². The third kappa shape index (κ3) is 5.22. The standard InChI is InChI=1S/C28H29NO5/c1-16-4-7-20(23-15-24(23)28(32)33)14-25(16)29-27(31)26-17(2)12-22(13-18(26)3)34-11-10-19-5-8-21(30)9-6-19/h4-9,12-14,23-24,30H,10-11,15H2,1-3H3,(H,29,31)(H,32,33)/t23-,24-/m1/s1. The summed E-state index contributed by atoms with van der Waals surface area (Å²) in [6.07, 6.45) is 1.35. The number of carbonyl (C=O) groups is 2. The first-order valence-electron chi connectivity index (χ1n) is 11.4. The average molecular weight is 460 g/mol. The second-order valence-corrected chi connectivity index (χ2v) is 9.01. The van der Waals surface area contributed by atoms with Crippen LogP contribution in [0.2, 0.25) is 0 Å². The van der Waals surface area contributed by atoms with Gasteiger partial charge in [-0.1, -0.05) is 24.3 Å². The number of anilines is 1. The molecule has 6 nitrogen and oxygen atoms in total. The van der Waals surface area contributed by atoms with Gasteiger partial charge >= 0.3 is 5.97 Å². The van der Waals surface area contributed by atoms with Crippen molar-refractivity contribution in [3.8, 4) is 11.5 Å². The van der Waals surface area contributed by atoms with Gasteiger partial charge in [0.15, 0.2) is 0 Å². The first-order chi connectivity index (χ1) is 16.2. The Kier molecular flexibility index (Phi) is 6.59. The SMILES string of the molecule is Cc1ccc([C@H]2C[C@H]2C(=O)O)cc1NC(=O)c1c(C)cc(OCCc2ccc(O)cc2)cc1C. The Morgan fingerprint density at radius 2 is 1.65 bits per heavy atom. The molecule has 0 bridgehead atoms. The van der Waals surface area contributed by atoms with Crippen LogP contribution in [0.3, 0.4) is 0 Å². The van der Waals surface area contributed by atoms with Crippen molar-refractivity contribution in [2.45, 2.75) is 39.5 Å². The number of nitrogens with one attached hydrogen (secondary N) is 1. The highest BCUT2D eigenvalue weighted by Crippen LogP contribution is 2.48. The van der Waals surface area contributed by atoms with Crippen molar-refractivity contribution in [1.29, 1.82) is 0 Å². The fourth-order valence-electron chi connectivity index (χ4n) is 4.34. The number of aromatic hydroxyl groups is 1. The van der Waals surface area contributed by atoms with Gasteiger partial charge in [0.1, 0.15) is 11.5 Å². The lowest BCUT2D eigenvalue weighted by Gasteiger charge is -2.15. The fourth-order valence-corrected chi connectivity index (χ4v) is 4.34. The van der Waals surface area contributed by atoms with Crippen LogP contribution in [0.5, 0.6) is 11.5 Å². The maximum atomic E-state index is 13.1. The first-order valence-corrected chi connectivity index (χ1v) is 11.4. The van der Waals surface area contributed by atoms with Gasteiger partial charge in [-0.05, 0) is 91.3 Å². The first kappa shape index (κ1) is 23.4. The van der Waals surface area contributed by atoms with Crippen molar-refractivity contribution in [2.75, 3.05) is 11.9 Å². The van der Waals surface area contributed by atoms with Crippen LogP contribution in [0.1, 0.15) is 50.5 Å². The molecule has 0 saturated heterocycles. The van der Waals surface area contributed by atoms with Crippen LogP contribution in [0.15, 0.2) is 54.6 Å². The Morgan fingerprint density at radius 1 is 0.971 bits per heavy atom. The number of hydrogen-bond acceptors (Lipinski definition) is 4. The molecule has 6 heteroatoms. The van der Waals surface area contributed by atoms with Crippen molar-refractivity contribution < 1.29 is 24.5 Å². The number of amides is 1. The number of ether oxygens (including phenoxy) is 1. The molecule has 1 aliphatic carbocycles. The molecule has 0 heterocycles. The van der Waals surface area contributed by atoms with Gasteiger partial charge in [0, 0.05) is 17.7 Å². The van der Waals surface area contributed by atoms with E-state index in [0.717, 1.165) is 27.8 Å². The predicted molar refractivity (Wildman–Crippen MR) is 131 cm³/mol. The zero-order valence-corrected chi connectivity index (χ0v) is 19.6. The van der Waals surface area contributed by atoms with Crippen LogP contribution < -0.4 is 10.1 Å². The van der Waals surface area contributed by atoms with Crippen LogP contribution in [0, 0.1) is 26.7 Å². The van der Waals surface area contributed by atoms with E-state index in [9.17, 15) is 19.8 Å². The Labute approximate surface area is 199 Å². The largest absolute Gasteiger partial charge is 0.508 e. The lowest BCUT2D eigenvalue weighted by Crippen LogP contribution is -2.16. The molecule has 0 radical (unpaired) electrons. The molecule has 0 aliphatic heterocycles. The lowest BCUT2D eigenvalue weighted by molar-refractivity contribution is -0.138. The minimum atomic E-state index is -0.771. The van der Waals surface area contributed by atoms with Crippen molar-refractivity contribution in [1.82, 2.24) is 0 Å². The molecule has 3 aromatic carbocycles. The molecule has 0 aromatic heterocycles. The van der Waals surface area contributed by atoms with Crippen molar-refractivity contribution >= 4 is 17.6 Å². The fraction of sp³-hybridized carbons (Fsp3) is 0.286. The molecule has 0 spiro atoms. The topological polar surface area (TPSA) is 95.9 Å². The quantitative estimate of drug-likeness (QED) is 0.420. The number of carbonyl (C=O) groups excluding carboxylic acids is 1. The van der Waals surface area contributed by atoms with Gasteiger partial charge in [-0.15, -0.1) is 0 Å². The van der Waals surface area contributed by atoms with E-state index in [1.807, 2.05) is 63.2 Å². The van der Waals surface area contributed by atoms with Crippen molar-refractivity contribution in [3.05, 3.63) is 88.0 Å². The number of aryl methyl sites for hydroxylation is 3. The van der Waals surface area contributed by atoms with Gasteiger partial charge in [0.25, 0.3) is 5.91 Å². The number of phenols is 1. The van der Waals surface area contributed by atoms with Gasteiger partial charge in [-0.2, -0.15) is 0 Å². The van der Waals surface area contributed by atoms with Gasteiger partial charge in [-0.3, -0.25) is 9.59 Å². The summed E-state index contributed by atoms with van der Waals surface area (Å²) in [5, 5.41) is 21.6. The Hall–Kier alpha value is -3.80. The monoisotopic (exact) mass is 459 g/mol. The second-order valence-electron chi connectivity index (χ2n) is 9.01. The van der Waals surface area contributed by atoms with Gasteiger partial charge in [-0.25, -0.2) is 0 Å². The Bertz CT molecular complexity index is 1210. The summed E-state index contributed by atoms with van der Waals surface area (Å²) in [5.74, 6) is -0.350. The molecule has 176 valence electrons. The Morgan fingerprint density at radius 3 is 2.26 bits per heavy atom. The van der Waals surface area contributed by atoms with E-state index in [0.29, 0.717) is 36.4 Å². The maximum absolute atomic E-state index is 13.1. The van der Waals surface area contributed by atoms with Crippen molar-refractivity contribution in [3.63, 3.8) is 0 Å². The highest BCUT2D eigenvalue weighted by atomic mass is 16.5. The number of aliphatic carboxylic acids is 1. The Balaban J connectivity index is 1.43. The van der Waals surface area contributed by atoms with Crippen LogP contribution in [0.4, 0.5) is 5.69 Å². The number of hydrogen-bond donors (Lipinski definition) is 3. The summed E-state index contributed by atoms with van der Waals surface area (Å²) < 4.78 is 5.91. The molecule has 34 heavy (non-hydrogen) atoms. The van der Waals surface area contributed by atoms with E-state index in [2.05, 4.69) is 5.32 Å². The van der Waals surface area contributed by atoms with E-state index < -0.39 is 5.97 Å². The number of benzene rings is 3. The summed E-state index contributed by atoms with van der Waals surface area (Å²) in [4.78, 5) is 24.4. The summed E-state index contributed by atoms with van der Waals surface area (Å²) in [6, 6.07) is 16.5. The summed E-state index contributed by atoms with van der Waals surface area (Å²) in [7, 11) is 0. The predicted octanol–water partition coefficient (Wildman–Crippen LogP) is 5.38. The highest BCUT2D eigenvalue weighted by molar-refractivity contribution is 6.06. The van der Waals surface area contributed by atoms with E-state index in [-0.39, 0.29) is 23.5 Å². The second kappa shape index (κ2) is 9.59. The summed E-state index contributed by atoms with van der Waals surface area (Å²) in [5.41, 5.74) is 5.88. The van der Waals surface area contributed by atoms with Crippen LogP contribution >= 0.6 is 0 Å². The maximum Gasteiger partial charge on any atom is 0.307 e. The number of carboxylic acids is 1. The van der Waals surface area contributed by atoms with E-state index >= 15 is 0 Å². The van der Waals surface area contributed by atoms with Gasteiger partial charge in [0.2, 0.25) is 0 Å². The van der Waals surface area contributed by atoms with Gasteiger partial charge < -0.3 is 20.3 Å². The van der Waals surface area contributed by atoms with E-state index in [4.69, 9.17) is 4.74 Å². The zero-order chi connectivity index (χ0) is 24.4. The third-order valence-electron chi connectivity index (χ3n) is 6.37. The van der Waals surface area contributed by atoms with Crippen LogP contribution in [0.25, 0.3) is 0 Å². The molecule has 1 amide bonds. The molecule has 1 fully saturated rings. The number of carboxylic acid groups (broad SMARTS) is 1. The lowest BCUT2D eigenvalue weighted by atomic mass is 10.0. The van der Waals surface area contributed by atoms with Crippen LogP contribution in [-0.4, -0.2) is 28.7 Å². The molecule has 1 aliphatic rings. The number of phenolic OH excluding ortho intramolecular Hbond substituents is 1. The molecule has 2 atom stereocenters. The summed E-state index contributed by atoms with van der Waals surface area (Å²) in [6.45, 7) is 6.19. The summed E-state index contributed by atoms with van der Waals surface area (Å²) >= 11 is 0. The molecule has 3 aromatic rings. The van der Waals surface area contributed by atoms with Crippen molar-refractivity contribution in [2.24, 2.45) is 5.92 Å². The highest BCUT2D eigenvalue weighted by Gasteiger charge is 2.44. The minimum absolute atomic E-state index is 0.00947.